The third kappa shape index (κ3) is 4.44. The topological polar surface area (TPSA) is 60.1 Å². The molecule has 0 amide bonds. The summed E-state index contributed by atoms with van der Waals surface area (Å²) < 4.78 is 40.7. The maximum atomic E-state index is 12.9. The number of halogens is 4. The number of aromatic nitrogens is 3. The summed E-state index contributed by atoms with van der Waals surface area (Å²) in [5.74, 6) is 0.0135. The van der Waals surface area contributed by atoms with E-state index in [1.165, 1.54) is 0 Å². The van der Waals surface area contributed by atoms with Crippen LogP contribution in [0.25, 0.3) is 11.4 Å². The molecule has 0 aliphatic heterocycles. The number of rotatable bonds is 5. The zero-order valence-corrected chi connectivity index (χ0v) is 17.1. The number of alkyl halides is 3. The third-order valence-electron chi connectivity index (χ3n) is 5.02. The fourth-order valence-electron chi connectivity index (χ4n) is 3.07. The van der Waals surface area contributed by atoms with Gasteiger partial charge in [0.1, 0.15) is 0 Å². The van der Waals surface area contributed by atoms with Gasteiger partial charge >= 0.3 is 11.9 Å². The van der Waals surface area contributed by atoms with Crippen LogP contribution in [0.5, 0.6) is 0 Å². The zero-order chi connectivity index (χ0) is 22.2. The standard InChI is InChI=1S/C21H20ClF3N3O2/c1-12-4-5-16(14(3)13(12)2)10-28-20(30)27(11-18(29)21(23,24)25)19(26-28)15-6-8-17(22)9-7-15/h4-9,18,29H,2,10-11H2,1,3H3/t18-/m0/s1. The Balaban J connectivity index is 2.09. The number of aryl methyl sites for hydroxylation is 1. The van der Waals surface area contributed by atoms with Gasteiger partial charge in [-0.25, -0.2) is 9.48 Å². The van der Waals surface area contributed by atoms with Crippen LogP contribution in [0, 0.1) is 20.8 Å². The molecule has 0 aliphatic carbocycles. The molecule has 0 bridgehead atoms. The second-order valence-corrected chi connectivity index (χ2v) is 7.52. The van der Waals surface area contributed by atoms with Gasteiger partial charge in [-0.15, -0.1) is 5.10 Å². The van der Waals surface area contributed by atoms with E-state index in [0.29, 0.717) is 10.6 Å². The molecule has 0 fully saturated rings. The SMILES string of the molecule is [CH2]c1c(C)ccc(Cn2nc(-c3ccc(Cl)cc3)n(C[C@H](O)C(F)(F)F)c2=O)c1C. The molecular weight excluding hydrogens is 419 g/mol. The lowest BCUT2D eigenvalue weighted by Crippen LogP contribution is -2.37. The van der Waals surface area contributed by atoms with Gasteiger partial charge in [0.15, 0.2) is 11.9 Å². The van der Waals surface area contributed by atoms with Crippen molar-refractivity contribution in [3.63, 3.8) is 0 Å². The second kappa shape index (κ2) is 8.28. The van der Waals surface area contributed by atoms with Gasteiger partial charge in [0.25, 0.3) is 0 Å². The maximum absolute atomic E-state index is 12.9. The average Bonchev–Trinajstić information content (AvgIpc) is 2.98. The van der Waals surface area contributed by atoms with E-state index in [0.717, 1.165) is 31.5 Å². The number of aliphatic hydroxyl groups is 1. The lowest BCUT2D eigenvalue weighted by molar-refractivity contribution is -0.207. The van der Waals surface area contributed by atoms with E-state index in [2.05, 4.69) is 12.0 Å². The van der Waals surface area contributed by atoms with Crippen molar-refractivity contribution >= 4 is 11.6 Å². The molecule has 30 heavy (non-hydrogen) atoms. The summed E-state index contributed by atoms with van der Waals surface area (Å²) in [6.07, 6.45) is -7.57. The number of aliphatic hydroxyl groups excluding tert-OH is 1. The fraction of sp³-hybridized carbons (Fsp3) is 0.286. The van der Waals surface area contributed by atoms with Crippen molar-refractivity contribution in [2.75, 3.05) is 0 Å². The molecule has 5 nitrogen and oxygen atoms in total. The number of benzene rings is 2. The van der Waals surface area contributed by atoms with Crippen LogP contribution >= 0.6 is 11.6 Å². The smallest absolute Gasteiger partial charge is 0.382 e. The van der Waals surface area contributed by atoms with Gasteiger partial charge in [-0.2, -0.15) is 13.2 Å². The van der Waals surface area contributed by atoms with Gasteiger partial charge in [0, 0.05) is 10.6 Å². The fourth-order valence-corrected chi connectivity index (χ4v) is 3.20. The predicted molar refractivity (Wildman–Crippen MR) is 108 cm³/mol. The molecule has 2 aromatic carbocycles. The van der Waals surface area contributed by atoms with E-state index in [1.54, 1.807) is 24.3 Å². The molecule has 3 rings (SSSR count). The molecule has 0 saturated carbocycles. The second-order valence-electron chi connectivity index (χ2n) is 7.08. The van der Waals surface area contributed by atoms with Crippen molar-refractivity contribution in [1.29, 1.82) is 0 Å². The Labute approximate surface area is 176 Å². The molecule has 1 radical (unpaired) electrons. The molecule has 0 aliphatic rings. The summed E-state index contributed by atoms with van der Waals surface area (Å²) in [4.78, 5) is 12.9. The van der Waals surface area contributed by atoms with Crippen LogP contribution in [0.15, 0.2) is 41.2 Å². The van der Waals surface area contributed by atoms with E-state index in [4.69, 9.17) is 11.6 Å². The van der Waals surface area contributed by atoms with Crippen molar-refractivity contribution in [1.82, 2.24) is 14.3 Å². The van der Waals surface area contributed by atoms with Gasteiger partial charge in [-0.1, -0.05) is 23.7 Å². The third-order valence-corrected chi connectivity index (χ3v) is 5.28. The van der Waals surface area contributed by atoms with E-state index < -0.39 is 24.5 Å². The van der Waals surface area contributed by atoms with E-state index in [9.17, 15) is 23.1 Å². The molecule has 1 atom stereocenters. The lowest BCUT2D eigenvalue weighted by atomic mass is 9.99. The zero-order valence-electron chi connectivity index (χ0n) is 16.4. The average molecular weight is 439 g/mol. The Bertz CT molecular complexity index is 1120. The van der Waals surface area contributed by atoms with Gasteiger partial charge in [0.2, 0.25) is 0 Å². The molecule has 3 aromatic rings. The number of nitrogens with zero attached hydrogens (tertiary/aromatic N) is 3. The molecule has 159 valence electrons. The maximum Gasteiger partial charge on any atom is 0.416 e. The highest BCUT2D eigenvalue weighted by Crippen LogP contribution is 2.24. The minimum atomic E-state index is -4.87. The predicted octanol–water partition coefficient (Wildman–Crippen LogP) is 4.14. The Hall–Kier alpha value is -2.58. The van der Waals surface area contributed by atoms with E-state index >= 15 is 0 Å². The minimum absolute atomic E-state index is 0.0135. The first-order valence-electron chi connectivity index (χ1n) is 9.08. The Morgan fingerprint density at radius 1 is 1.17 bits per heavy atom. The Morgan fingerprint density at radius 3 is 2.40 bits per heavy atom. The van der Waals surface area contributed by atoms with Crippen LogP contribution in [-0.2, 0) is 13.1 Å². The Kier molecular flexibility index (Phi) is 6.10. The highest BCUT2D eigenvalue weighted by atomic mass is 35.5. The summed E-state index contributed by atoms with van der Waals surface area (Å²) in [6.45, 7) is 6.88. The normalized spacial score (nSPS) is 12.9. The van der Waals surface area contributed by atoms with Crippen molar-refractivity contribution in [2.24, 2.45) is 0 Å². The molecule has 9 heteroatoms. The Morgan fingerprint density at radius 2 is 1.80 bits per heavy atom. The molecule has 1 heterocycles. The van der Waals surface area contributed by atoms with Crippen molar-refractivity contribution in [3.05, 3.63) is 81.1 Å². The van der Waals surface area contributed by atoms with Crippen molar-refractivity contribution in [3.8, 4) is 11.4 Å². The van der Waals surface area contributed by atoms with Crippen LogP contribution in [-0.4, -0.2) is 31.7 Å². The van der Waals surface area contributed by atoms with E-state index in [1.807, 2.05) is 26.0 Å². The largest absolute Gasteiger partial charge is 0.416 e. The highest BCUT2D eigenvalue weighted by Gasteiger charge is 2.39. The molecule has 1 N–H and O–H groups in total. The summed E-state index contributed by atoms with van der Waals surface area (Å²) in [7, 11) is 0. The highest BCUT2D eigenvalue weighted by molar-refractivity contribution is 6.30. The summed E-state index contributed by atoms with van der Waals surface area (Å²) in [5, 5.41) is 14.2. The van der Waals surface area contributed by atoms with Gasteiger partial charge in [-0.3, -0.25) is 4.57 Å². The van der Waals surface area contributed by atoms with Crippen LogP contribution in [0.2, 0.25) is 5.02 Å². The summed E-state index contributed by atoms with van der Waals surface area (Å²) in [5.41, 5.74) is 3.11. The van der Waals surface area contributed by atoms with Crippen molar-refractivity contribution < 1.29 is 18.3 Å². The molecule has 0 spiro atoms. The quantitative estimate of drug-likeness (QED) is 0.651. The van der Waals surface area contributed by atoms with Crippen LogP contribution in [0.1, 0.15) is 22.3 Å². The van der Waals surface area contributed by atoms with Gasteiger partial charge < -0.3 is 5.11 Å². The lowest BCUT2D eigenvalue weighted by Gasteiger charge is -2.15. The van der Waals surface area contributed by atoms with Gasteiger partial charge in [-0.05, 0) is 67.3 Å². The summed E-state index contributed by atoms with van der Waals surface area (Å²) in [6, 6.07) is 9.89. The molecule has 0 unspecified atom stereocenters. The first-order chi connectivity index (χ1) is 14.0. The van der Waals surface area contributed by atoms with Crippen LogP contribution in [0.3, 0.4) is 0 Å². The number of hydrogen-bond donors (Lipinski definition) is 1. The summed E-state index contributed by atoms with van der Waals surface area (Å²) >= 11 is 5.88. The first kappa shape index (κ1) is 22.1. The van der Waals surface area contributed by atoms with Crippen LogP contribution < -0.4 is 5.69 Å². The first-order valence-corrected chi connectivity index (χ1v) is 9.46. The van der Waals surface area contributed by atoms with Gasteiger partial charge in [0.05, 0.1) is 13.1 Å². The van der Waals surface area contributed by atoms with Crippen molar-refractivity contribution in [2.45, 2.75) is 39.2 Å². The molecule has 0 saturated heterocycles. The number of hydrogen-bond acceptors (Lipinski definition) is 3. The molecular formula is C21H20ClF3N3O2. The molecule has 1 aromatic heterocycles. The monoisotopic (exact) mass is 438 g/mol. The minimum Gasteiger partial charge on any atom is -0.382 e. The van der Waals surface area contributed by atoms with Crippen LogP contribution in [0.4, 0.5) is 13.2 Å². The van der Waals surface area contributed by atoms with E-state index in [-0.39, 0.29) is 12.4 Å².